The number of pyridine rings is 1. The van der Waals surface area contributed by atoms with Gasteiger partial charge in [0.15, 0.2) is 4.32 Å². The van der Waals surface area contributed by atoms with Crippen molar-refractivity contribution in [2.45, 2.75) is 0 Å². The smallest absolute Gasteiger partial charge is 0.268 e. The Morgan fingerprint density at radius 3 is 2.62 bits per heavy atom. The lowest BCUT2D eigenvalue weighted by Gasteiger charge is -2.17. The van der Waals surface area contributed by atoms with Crippen LogP contribution < -0.4 is 4.90 Å². The first-order valence-electron chi connectivity index (χ1n) is 7.61. The van der Waals surface area contributed by atoms with Crippen LogP contribution in [0.25, 0.3) is 17.0 Å². The Bertz CT molecular complexity index is 1080. The second-order valence-corrected chi connectivity index (χ2v) is 8.98. The fourth-order valence-corrected chi connectivity index (χ4v) is 4.69. The molecule has 1 amide bonds. The molecule has 3 nitrogen and oxygen atoms in total. The van der Waals surface area contributed by atoms with Crippen molar-refractivity contribution in [1.29, 1.82) is 0 Å². The molecule has 0 atom stereocenters. The minimum absolute atomic E-state index is 0.128. The van der Waals surface area contributed by atoms with Gasteiger partial charge in [-0.3, -0.25) is 14.7 Å². The van der Waals surface area contributed by atoms with Crippen molar-refractivity contribution in [3.63, 3.8) is 0 Å². The molecule has 0 N–H and O–H groups in total. The third kappa shape index (κ3) is 3.24. The summed E-state index contributed by atoms with van der Waals surface area (Å²) in [6.45, 7) is 0. The van der Waals surface area contributed by atoms with Gasteiger partial charge in [-0.05, 0) is 42.0 Å². The van der Waals surface area contributed by atoms with Crippen molar-refractivity contribution in [2.75, 3.05) is 4.90 Å². The van der Waals surface area contributed by atoms with Crippen molar-refractivity contribution in [3.05, 3.63) is 74.1 Å². The van der Waals surface area contributed by atoms with Gasteiger partial charge in [0.25, 0.3) is 5.91 Å². The van der Waals surface area contributed by atoms with Crippen molar-refractivity contribution < 1.29 is 4.79 Å². The number of hydrogen-bond donors (Lipinski definition) is 0. The van der Waals surface area contributed by atoms with Crippen LogP contribution in [0.2, 0.25) is 0 Å². The summed E-state index contributed by atoms with van der Waals surface area (Å²) >= 11 is 13.7. The van der Waals surface area contributed by atoms with Crippen LogP contribution in [0, 0.1) is 0 Å². The number of thioether (sulfide) groups is 1. The van der Waals surface area contributed by atoms with E-state index in [-0.39, 0.29) is 5.91 Å². The Kier molecular flexibility index (Phi) is 4.96. The van der Waals surface area contributed by atoms with Gasteiger partial charge in [0, 0.05) is 20.5 Å². The Morgan fingerprint density at radius 1 is 1.08 bits per heavy atom. The first-order chi connectivity index (χ1) is 12.5. The normalized spacial score (nSPS) is 16.1. The number of halogens is 2. The molecule has 3 aromatic rings. The van der Waals surface area contributed by atoms with E-state index in [9.17, 15) is 4.79 Å². The second-order valence-electron chi connectivity index (χ2n) is 5.53. The fourth-order valence-electron chi connectivity index (χ4n) is 2.69. The van der Waals surface area contributed by atoms with Crippen LogP contribution in [-0.2, 0) is 4.79 Å². The SMILES string of the molecule is O=C1/C(=C/c2ccc(Br)cc2)SC(=S)N1c1ccc(Br)c2cccnc12. The Balaban J connectivity index is 1.77. The van der Waals surface area contributed by atoms with Crippen LogP contribution in [0.1, 0.15) is 5.56 Å². The maximum atomic E-state index is 13.0. The molecule has 1 saturated heterocycles. The zero-order chi connectivity index (χ0) is 18.3. The number of aromatic nitrogens is 1. The predicted molar refractivity (Wildman–Crippen MR) is 119 cm³/mol. The minimum atomic E-state index is -0.128. The molecular formula is C19H10Br2N2OS2. The average molecular weight is 506 g/mol. The lowest BCUT2D eigenvalue weighted by atomic mass is 10.1. The maximum absolute atomic E-state index is 13.0. The lowest BCUT2D eigenvalue weighted by Crippen LogP contribution is -2.27. The summed E-state index contributed by atoms with van der Waals surface area (Å²) in [6.07, 6.45) is 3.58. The van der Waals surface area contributed by atoms with Crippen LogP contribution in [-0.4, -0.2) is 15.2 Å². The molecule has 2 aromatic carbocycles. The van der Waals surface area contributed by atoms with Crippen LogP contribution in [0.5, 0.6) is 0 Å². The number of thiocarbonyl (C=S) groups is 1. The quantitative estimate of drug-likeness (QED) is 0.308. The molecule has 0 spiro atoms. The number of amides is 1. The molecule has 1 aliphatic heterocycles. The largest absolute Gasteiger partial charge is 0.270 e. The Hall–Kier alpha value is -1.54. The molecule has 0 unspecified atom stereocenters. The van der Waals surface area contributed by atoms with Gasteiger partial charge >= 0.3 is 0 Å². The summed E-state index contributed by atoms with van der Waals surface area (Å²) in [5.41, 5.74) is 2.39. The zero-order valence-electron chi connectivity index (χ0n) is 13.1. The summed E-state index contributed by atoms with van der Waals surface area (Å²) < 4.78 is 2.43. The van der Waals surface area contributed by atoms with E-state index in [1.54, 1.807) is 11.1 Å². The highest BCUT2D eigenvalue weighted by Gasteiger charge is 2.34. The minimum Gasteiger partial charge on any atom is -0.268 e. The summed E-state index contributed by atoms with van der Waals surface area (Å²) in [7, 11) is 0. The molecule has 0 saturated carbocycles. The predicted octanol–water partition coefficient (Wildman–Crippen LogP) is 6.17. The van der Waals surface area contributed by atoms with Gasteiger partial charge < -0.3 is 0 Å². The molecule has 2 heterocycles. The van der Waals surface area contributed by atoms with E-state index >= 15 is 0 Å². The molecule has 26 heavy (non-hydrogen) atoms. The topological polar surface area (TPSA) is 33.2 Å². The second kappa shape index (κ2) is 7.23. The van der Waals surface area contributed by atoms with E-state index < -0.39 is 0 Å². The van der Waals surface area contributed by atoms with Crippen molar-refractivity contribution in [1.82, 2.24) is 4.98 Å². The van der Waals surface area contributed by atoms with Crippen LogP contribution in [0.15, 0.2) is 68.6 Å². The number of rotatable bonds is 2. The third-order valence-corrected chi connectivity index (χ3v) is 6.42. The number of carbonyl (C=O) groups excluding carboxylic acids is 1. The van der Waals surface area contributed by atoms with Crippen LogP contribution in [0.3, 0.4) is 0 Å². The third-order valence-electron chi connectivity index (χ3n) is 3.90. The molecule has 0 bridgehead atoms. The van der Waals surface area contributed by atoms with E-state index in [4.69, 9.17) is 12.2 Å². The summed E-state index contributed by atoms with van der Waals surface area (Å²) in [5.74, 6) is -0.128. The summed E-state index contributed by atoms with van der Waals surface area (Å²) in [4.78, 5) is 19.6. The van der Waals surface area contributed by atoms with E-state index in [1.165, 1.54) is 11.8 Å². The fraction of sp³-hybridized carbons (Fsp3) is 0. The first kappa shape index (κ1) is 17.9. The van der Waals surface area contributed by atoms with Gasteiger partial charge in [-0.1, -0.05) is 74.0 Å². The van der Waals surface area contributed by atoms with Crippen molar-refractivity contribution in [2.24, 2.45) is 0 Å². The molecule has 0 aliphatic carbocycles. The number of hydrogen-bond acceptors (Lipinski definition) is 4. The Labute approximate surface area is 176 Å². The first-order valence-corrected chi connectivity index (χ1v) is 10.4. The van der Waals surface area contributed by atoms with Gasteiger partial charge in [0.05, 0.1) is 16.1 Å². The van der Waals surface area contributed by atoms with Crippen molar-refractivity contribution in [3.8, 4) is 0 Å². The number of anilines is 1. The number of carbonyl (C=O) groups is 1. The maximum Gasteiger partial charge on any atom is 0.270 e. The average Bonchev–Trinajstić information content (AvgIpc) is 2.91. The highest BCUT2D eigenvalue weighted by Crippen LogP contribution is 2.39. The number of benzene rings is 2. The van der Waals surface area contributed by atoms with Crippen LogP contribution >= 0.6 is 55.8 Å². The van der Waals surface area contributed by atoms with Gasteiger partial charge in [-0.2, -0.15) is 0 Å². The molecule has 1 aliphatic rings. The zero-order valence-corrected chi connectivity index (χ0v) is 18.0. The van der Waals surface area contributed by atoms with E-state index in [1.807, 2.05) is 54.6 Å². The van der Waals surface area contributed by atoms with Gasteiger partial charge in [0.1, 0.15) is 0 Å². The molecule has 1 aromatic heterocycles. The molecule has 7 heteroatoms. The molecular weight excluding hydrogens is 496 g/mol. The lowest BCUT2D eigenvalue weighted by molar-refractivity contribution is -0.113. The standard InChI is InChI=1S/C19H10Br2N2OS2/c20-12-5-3-11(4-6-12)10-16-18(24)23(19(25)26-16)15-8-7-14(21)13-2-1-9-22-17(13)15/h1-10H/b16-10-. The van der Waals surface area contributed by atoms with E-state index in [0.717, 1.165) is 25.4 Å². The molecule has 4 rings (SSSR count). The highest BCUT2D eigenvalue weighted by atomic mass is 79.9. The van der Waals surface area contributed by atoms with Crippen LogP contribution in [0.4, 0.5) is 5.69 Å². The van der Waals surface area contributed by atoms with Gasteiger partial charge in [-0.25, -0.2) is 0 Å². The monoisotopic (exact) mass is 504 g/mol. The number of nitrogens with zero attached hydrogens (tertiary/aromatic N) is 2. The number of fused-ring (bicyclic) bond motifs is 1. The molecule has 0 radical (unpaired) electrons. The highest BCUT2D eigenvalue weighted by molar-refractivity contribution is 9.11. The molecule has 1 fully saturated rings. The van der Waals surface area contributed by atoms with Gasteiger partial charge in [-0.15, -0.1) is 0 Å². The van der Waals surface area contributed by atoms with E-state index in [0.29, 0.717) is 14.9 Å². The van der Waals surface area contributed by atoms with Gasteiger partial charge in [0.2, 0.25) is 0 Å². The Morgan fingerprint density at radius 2 is 1.85 bits per heavy atom. The summed E-state index contributed by atoms with van der Waals surface area (Å²) in [5, 5.41) is 0.941. The summed E-state index contributed by atoms with van der Waals surface area (Å²) in [6, 6.07) is 15.4. The van der Waals surface area contributed by atoms with Crippen molar-refractivity contribution >= 4 is 88.7 Å². The molecule has 128 valence electrons. The van der Waals surface area contributed by atoms with E-state index in [2.05, 4.69) is 36.8 Å².